The van der Waals surface area contributed by atoms with Gasteiger partial charge in [0.05, 0.1) is 59.7 Å². The number of aliphatic hydroxyl groups is 1. The van der Waals surface area contributed by atoms with Crippen molar-refractivity contribution in [3.63, 3.8) is 0 Å². The first-order valence-corrected chi connectivity index (χ1v) is 29.3. The summed E-state index contributed by atoms with van der Waals surface area (Å²) in [5, 5.41) is 22.9. The maximum Gasteiger partial charge on any atom is 0.246 e. The Morgan fingerprint density at radius 3 is 2.09 bits per heavy atom. The van der Waals surface area contributed by atoms with E-state index in [-0.39, 0.29) is 50.5 Å². The molecule has 434 valence electrons. The molecule has 4 aromatic rings. The number of aliphatic hydroxyl groups excluding tert-OH is 1. The molecule has 2 aliphatic rings. The number of benzene rings is 2. The van der Waals surface area contributed by atoms with Gasteiger partial charge in [0, 0.05) is 83.9 Å². The fraction of sp³-hybridized carbons (Fsp3) is 0.596. The van der Waals surface area contributed by atoms with Crippen LogP contribution in [0.15, 0.2) is 64.7 Å². The van der Waals surface area contributed by atoms with Crippen LogP contribution in [0.1, 0.15) is 89.8 Å². The second-order valence-electron chi connectivity index (χ2n) is 20.9. The molecule has 0 bridgehead atoms. The summed E-state index contributed by atoms with van der Waals surface area (Å²) in [5.74, 6) is 1.08. The number of β-amino-alcohol motifs (C(OH)–C–C–N with tert-alkyl or cyclic N) is 1. The van der Waals surface area contributed by atoms with Gasteiger partial charge in [-0.25, -0.2) is 9.97 Å². The van der Waals surface area contributed by atoms with E-state index in [0.717, 1.165) is 89.0 Å². The van der Waals surface area contributed by atoms with Gasteiger partial charge in [0.25, 0.3) is 0 Å². The lowest BCUT2D eigenvalue weighted by atomic mass is 9.84. The number of ether oxygens (including phenoxy) is 6. The predicted octanol–water partition coefficient (Wildman–Crippen LogP) is 7.31. The monoisotopic (exact) mass is 1180 g/mol. The van der Waals surface area contributed by atoms with E-state index in [1.165, 1.54) is 4.90 Å². The van der Waals surface area contributed by atoms with Crippen LogP contribution in [-0.2, 0) is 49.4 Å². The number of aromatic nitrogens is 3. The molecule has 0 spiro atoms. The molecule has 4 amide bonds. The number of carbonyl (C=O) groups is 4. The van der Waals surface area contributed by atoms with Crippen LogP contribution in [0.4, 0.5) is 17.5 Å². The smallest absolute Gasteiger partial charge is 0.246 e. The van der Waals surface area contributed by atoms with Crippen LogP contribution in [0.3, 0.4) is 0 Å². The van der Waals surface area contributed by atoms with E-state index in [2.05, 4.69) is 52.1 Å². The molecule has 0 radical (unpaired) electrons. The first-order valence-electron chi connectivity index (χ1n) is 27.6. The van der Waals surface area contributed by atoms with Crippen molar-refractivity contribution in [3.05, 3.63) is 76.0 Å². The fourth-order valence-corrected chi connectivity index (χ4v) is 9.88. The van der Waals surface area contributed by atoms with E-state index >= 15 is 0 Å². The van der Waals surface area contributed by atoms with Crippen LogP contribution in [0, 0.1) is 18.3 Å². The first kappa shape index (κ1) is 62.9. The van der Waals surface area contributed by atoms with Crippen molar-refractivity contribution in [1.82, 2.24) is 35.4 Å². The number of nitrogens with zero attached hydrogens (tertiary/aromatic N) is 5. The minimum atomic E-state index is -0.948. The van der Waals surface area contributed by atoms with Crippen LogP contribution < -0.4 is 26.0 Å². The Morgan fingerprint density at radius 2 is 1.47 bits per heavy atom. The van der Waals surface area contributed by atoms with Crippen molar-refractivity contribution < 1.29 is 52.7 Å². The Kier molecular flexibility index (Phi) is 26.6. The molecular formula is C57H82BrN9O11S. The van der Waals surface area contributed by atoms with Crippen LogP contribution >= 0.6 is 27.3 Å². The summed E-state index contributed by atoms with van der Waals surface area (Å²) in [6.07, 6.45) is 8.42. The molecule has 22 heteroatoms. The largest absolute Gasteiger partial charge is 0.491 e. The molecule has 2 fully saturated rings. The lowest BCUT2D eigenvalue weighted by Gasteiger charge is -2.35. The molecule has 6 rings (SSSR count). The van der Waals surface area contributed by atoms with Gasteiger partial charge in [-0.3, -0.25) is 19.2 Å². The second kappa shape index (κ2) is 33.4. The van der Waals surface area contributed by atoms with Gasteiger partial charge in [-0.15, -0.1) is 11.3 Å². The van der Waals surface area contributed by atoms with Gasteiger partial charge in [0.15, 0.2) is 0 Å². The van der Waals surface area contributed by atoms with Crippen molar-refractivity contribution in [2.45, 2.75) is 110 Å². The number of unbranched alkanes of at least 4 members (excludes halogenated alkanes) is 2. The number of rotatable bonds is 36. The molecule has 1 aliphatic carbocycles. The number of anilines is 3. The molecule has 1 aliphatic heterocycles. The highest BCUT2D eigenvalue weighted by Gasteiger charge is 2.44. The maximum absolute atomic E-state index is 13.9. The van der Waals surface area contributed by atoms with Gasteiger partial charge in [-0.2, -0.15) is 4.98 Å². The molecule has 2 aromatic heterocycles. The minimum absolute atomic E-state index is 0.00715. The predicted molar refractivity (Wildman–Crippen MR) is 307 cm³/mol. The van der Waals surface area contributed by atoms with Gasteiger partial charge in [-0.05, 0) is 109 Å². The molecule has 79 heavy (non-hydrogen) atoms. The van der Waals surface area contributed by atoms with E-state index in [9.17, 15) is 24.3 Å². The highest BCUT2D eigenvalue weighted by atomic mass is 79.9. The Hall–Kier alpha value is -5.33. The third-order valence-electron chi connectivity index (χ3n) is 13.5. The van der Waals surface area contributed by atoms with Crippen molar-refractivity contribution in [2.24, 2.45) is 11.3 Å². The standard InChI is InChI=1S/C57H82BrN9O11S/c1-40-50(79-39-62-40)42-16-14-41(15-17-42)35-60-53(70)48-34-45(68)37-67(48)55(72)51(57(2,3)4)64-49(69)38-77-31-30-75-27-9-7-25-73-24-6-8-26-74-28-29-76-32-33-78-46-20-18-44(19-21-46)63-56-61-36-47(58)52(65-56)59-22-11-23-66(5)54(71)43-12-10-13-43/h14-21,36,39,43,45,48,51,68H,6-13,22-35,37-38H2,1-5H3,(H,60,70)(H,64,69)(H2,59,61,63,65)/t45-,48+,51-/m1/s1. The van der Waals surface area contributed by atoms with Crippen LogP contribution in [0.25, 0.3) is 10.4 Å². The Balaban J connectivity index is 0.709. The Morgan fingerprint density at radius 1 is 0.835 bits per heavy atom. The number of hydrogen-bond acceptors (Lipinski definition) is 17. The average molecular weight is 1180 g/mol. The van der Waals surface area contributed by atoms with E-state index in [4.69, 9.17) is 28.4 Å². The number of hydrogen-bond donors (Lipinski definition) is 5. The lowest BCUT2D eigenvalue weighted by Crippen LogP contribution is -2.58. The lowest BCUT2D eigenvalue weighted by molar-refractivity contribution is -0.144. The van der Waals surface area contributed by atoms with E-state index in [1.807, 2.05) is 93.7 Å². The van der Waals surface area contributed by atoms with Crippen molar-refractivity contribution in [1.29, 1.82) is 0 Å². The second-order valence-corrected chi connectivity index (χ2v) is 22.6. The molecular weight excluding hydrogens is 1100 g/mol. The molecule has 1 saturated carbocycles. The molecule has 20 nitrogen and oxygen atoms in total. The topological polar surface area (TPSA) is 237 Å². The first-order chi connectivity index (χ1) is 38.2. The van der Waals surface area contributed by atoms with Crippen molar-refractivity contribution in [3.8, 4) is 16.2 Å². The SMILES string of the molecule is Cc1ncsc1-c1ccc(CNC(=O)[C@@H]2C[C@@H](O)CN2C(=O)[C@@H](NC(=O)COCCOCCCCOCCCCOCCOCCOc2ccc(Nc3ncc(Br)c(NCCCN(C)C(=O)C4CCC4)n3)cc2)C(C)(C)C)cc1. The van der Waals surface area contributed by atoms with Gasteiger partial charge >= 0.3 is 0 Å². The van der Waals surface area contributed by atoms with Gasteiger partial charge < -0.3 is 64.6 Å². The zero-order valence-corrected chi connectivity index (χ0v) is 49.0. The molecule has 3 atom stereocenters. The van der Waals surface area contributed by atoms with E-state index < -0.39 is 35.4 Å². The number of aryl methyl sites for hydroxylation is 1. The fourth-order valence-electron chi connectivity index (χ4n) is 8.74. The van der Waals surface area contributed by atoms with E-state index in [0.29, 0.717) is 84.3 Å². The Labute approximate surface area is 477 Å². The number of nitrogens with one attached hydrogen (secondary N) is 4. The third-order valence-corrected chi connectivity index (χ3v) is 15.0. The summed E-state index contributed by atoms with van der Waals surface area (Å²) in [6.45, 7) is 13.7. The number of carbonyl (C=O) groups excluding carboxylic acids is 4. The number of thiazole rings is 1. The maximum atomic E-state index is 13.9. The van der Waals surface area contributed by atoms with Crippen LogP contribution in [0.2, 0.25) is 0 Å². The average Bonchev–Trinajstić information content (AvgIpc) is 4.13. The minimum Gasteiger partial charge on any atom is -0.491 e. The summed E-state index contributed by atoms with van der Waals surface area (Å²) in [7, 11) is 1.88. The molecule has 0 unspecified atom stereocenters. The van der Waals surface area contributed by atoms with Gasteiger partial charge in [0.1, 0.15) is 36.9 Å². The summed E-state index contributed by atoms with van der Waals surface area (Å²) >= 11 is 5.10. The highest BCUT2D eigenvalue weighted by Crippen LogP contribution is 2.30. The van der Waals surface area contributed by atoms with Crippen molar-refractivity contribution >= 4 is 68.3 Å². The third kappa shape index (κ3) is 21.6. The summed E-state index contributed by atoms with van der Waals surface area (Å²) in [4.78, 5) is 70.3. The number of halogens is 1. The number of likely N-dealkylation sites (tertiary alicyclic amines) is 1. The zero-order chi connectivity index (χ0) is 56.4. The van der Waals surface area contributed by atoms with Gasteiger partial charge in [0.2, 0.25) is 29.6 Å². The van der Waals surface area contributed by atoms with Crippen LogP contribution in [-0.4, -0.2) is 171 Å². The van der Waals surface area contributed by atoms with E-state index in [1.54, 1.807) is 17.5 Å². The highest BCUT2D eigenvalue weighted by molar-refractivity contribution is 9.10. The molecule has 1 saturated heterocycles. The van der Waals surface area contributed by atoms with Crippen LogP contribution in [0.5, 0.6) is 5.75 Å². The molecule has 2 aromatic carbocycles. The summed E-state index contributed by atoms with van der Waals surface area (Å²) in [5.41, 5.74) is 4.87. The molecule has 5 N–H and O–H groups in total. The molecule has 3 heterocycles. The zero-order valence-electron chi connectivity index (χ0n) is 46.6. The number of amides is 4. The quantitative estimate of drug-likeness (QED) is 0.0281. The van der Waals surface area contributed by atoms with Gasteiger partial charge in [-0.1, -0.05) is 51.5 Å². The normalized spacial score (nSPS) is 15.8. The summed E-state index contributed by atoms with van der Waals surface area (Å²) < 4.78 is 34.9. The van der Waals surface area contributed by atoms with Crippen molar-refractivity contribution in [2.75, 3.05) is 110 Å². The summed E-state index contributed by atoms with van der Waals surface area (Å²) in [6, 6.07) is 13.6. The Bertz CT molecular complexity index is 2480.